The van der Waals surface area contributed by atoms with Gasteiger partial charge in [0, 0.05) is 6.04 Å². The van der Waals surface area contributed by atoms with Crippen molar-refractivity contribution in [2.24, 2.45) is 0 Å². The van der Waals surface area contributed by atoms with Gasteiger partial charge in [-0.1, -0.05) is 24.0 Å². The van der Waals surface area contributed by atoms with E-state index in [1.54, 1.807) is 11.8 Å². The number of hydrogen-bond donors (Lipinski definition) is 2. The van der Waals surface area contributed by atoms with Gasteiger partial charge >= 0.3 is 0 Å². The quantitative estimate of drug-likeness (QED) is 0.548. The van der Waals surface area contributed by atoms with Gasteiger partial charge in [0.05, 0.1) is 4.75 Å². The van der Waals surface area contributed by atoms with Crippen molar-refractivity contribution < 1.29 is 5.21 Å². The molecular weight excluding hydrogens is 204 g/mol. The van der Waals surface area contributed by atoms with Gasteiger partial charge in [-0.05, 0) is 27.7 Å². The van der Waals surface area contributed by atoms with E-state index in [9.17, 15) is 0 Å². The van der Waals surface area contributed by atoms with Gasteiger partial charge in [-0.15, -0.1) is 0 Å². The van der Waals surface area contributed by atoms with Gasteiger partial charge in [-0.3, -0.25) is 0 Å². The molecular formula is C8H16N2OS2. The summed E-state index contributed by atoms with van der Waals surface area (Å²) in [6.07, 6.45) is -0.0926. The Bertz CT molecular complexity index is 218. The molecule has 1 aliphatic rings. The Labute approximate surface area is 88.8 Å². The first kappa shape index (κ1) is 11.2. The molecule has 1 fully saturated rings. The van der Waals surface area contributed by atoms with Crippen molar-refractivity contribution in [3.63, 3.8) is 0 Å². The summed E-state index contributed by atoms with van der Waals surface area (Å²) < 4.78 is 0.780. The van der Waals surface area contributed by atoms with Crippen LogP contribution in [0.15, 0.2) is 0 Å². The van der Waals surface area contributed by atoms with Gasteiger partial charge in [0.1, 0.15) is 10.5 Å². The molecule has 1 heterocycles. The first-order valence-corrected chi connectivity index (χ1v) is 5.53. The van der Waals surface area contributed by atoms with Crippen LogP contribution in [-0.2, 0) is 0 Å². The lowest BCUT2D eigenvalue weighted by Crippen LogP contribution is -2.52. The minimum absolute atomic E-state index is 0.0733. The SMILES string of the molecule is CC(C)N1C(=S)SC(C)(C)[C@H]1NO. The molecule has 1 saturated heterocycles. The predicted molar refractivity (Wildman–Crippen MR) is 60.0 cm³/mol. The fourth-order valence-electron chi connectivity index (χ4n) is 1.50. The van der Waals surface area contributed by atoms with Crippen molar-refractivity contribution in [2.45, 2.75) is 44.6 Å². The number of rotatable bonds is 2. The van der Waals surface area contributed by atoms with Gasteiger partial charge in [-0.2, -0.15) is 5.48 Å². The second-order valence-corrected chi connectivity index (χ2v) is 6.29. The average Bonchev–Trinajstić information content (AvgIpc) is 2.18. The topological polar surface area (TPSA) is 35.5 Å². The summed E-state index contributed by atoms with van der Waals surface area (Å²) in [5.41, 5.74) is 2.33. The standard InChI is InChI=1S/C8H16N2OS2/c1-5(2)10-6(9-11)8(3,4)13-7(10)12/h5-6,9,11H,1-4H3/t6-/m0/s1. The normalized spacial score (nSPS) is 27.4. The van der Waals surface area contributed by atoms with E-state index in [1.807, 2.05) is 4.90 Å². The fraction of sp³-hybridized carbons (Fsp3) is 0.875. The molecule has 2 N–H and O–H groups in total. The Morgan fingerprint density at radius 1 is 1.62 bits per heavy atom. The molecule has 0 saturated carbocycles. The lowest BCUT2D eigenvalue weighted by Gasteiger charge is -2.33. The number of thiocarbonyl (C=S) groups is 1. The summed E-state index contributed by atoms with van der Waals surface area (Å²) in [6.45, 7) is 8.28. The van der Waals surface area contributed by atoms with E-state index in [0.29, 0.717) is 6.04 Å². The molecule has 0 aromatic carbocycles. The summed E-state index contributed by atoms with van der Waals surface area (Å²) in [6, 6.07) is 0.312. The van der Waals surface area contributed by atoms with Crippen LogP contribution in [-0.4, -0.2) is 31.4 Å². The molecule has 1 atom stereocenters. The van der Waals surface area contributed by atoms with Crippen LogP contribution >= 0.6 is 24.0 Å². The Hall–Kier alpha value is 0.160. The molecule has 0 aromatic heterocycles. The molecule has 0 radical (unpaired) electrons. The molecule has 0 aliphatic carbocycles. The summed E-state index contributed by atoms with van der Waals surface area (Å²) in [7, 11) is 0. The van der Waals surface area contributed by atoms with Crippen LogP contribution in [0.4, 0.5) is 0 Å². The van der Waals surface area contributed by atoms with E-state index in [-0.39, 0.29) is 10.9 Å². The van der Waals surface area contributed by atoms with Crippen molar-refractivity contribution >= 4 is 28.3 Å². The van der Waals surface area contributed by atoms with Crippen LogP contribution in [0.1, 0.15) is 27.7 Å². The number of nitrogens with one attached hydrogen (secondary N) is 1. The third kappa shape index (κ3) is 1.98. The molecule has 1 aliphatic heterocycles. The zero-order chi connectivity index (χ0) is 10.2. The van der Waals surface area contributed by atoms with Crippen LogP contribution in [0.2, 0.25) is 0 Å². The lowest BCUT2D eigenvalue weighted by atomic mass is 10.1. The Morgan fingerprint density at radius 3 is 2.46 bits per heavy atom. The molecule has 0 amide bonds. The Kier molecular flexibility index (Phi) is 3.22. The van der Waals surface area contributed by atoms with E-state index in [2.05, 4.69) is 33.2 Å². The summed E-state index contributed by atoms with van der Waals surface area (Å²) in [4.78, 5) is 2.03. The van der Waals surface area contributed by atoms with Crippen LogP contribution in [0.3, 0.4) is 0 Å². The van der Waals surface area contributed by atoms with Gasteiger partial charge in [0.2, 0.25) is 0 Å². The second kappa shape index (κ2) is 3.73. The fourth-order valence-corrected chi connectivity index (χ4v) is 3.61. The third-order valence-electron chi connectivity index (χ3n) is 2.18. The van der Waals surface area contributed by atoms with Gasteiger partial charge in [0.15, 0.2) is 0 Å². The number of hydrogen-bond acceptors (Lipinski definition) is 4. The van der Waals surface area contributed by atoms with E-state index in [1.165, 1.54) is 0 Å². The summed E-state index contributed by atoms with van der Waals surface area (Å²) >= 11 is 6.87. The van der Waals surface area contributed by atoms with E-state index in [0.717, 1.165) is 4.32 Å². The Morgan fingerprint density at radius 2 is 2.15 bits per heavy atom. The third-order valence-corrected chi connectivity index (χ3v) is 3.77. The maximum absolute atomic E-state index is 9.07. The molecule has 13 heavy (non-hydrogen) atoms. The maximum Gasteiger partial charge on any atom is 0.138 e. The highest BCUT2D eigenvalue weighted by Crippen LogP contribution is 2.40. The molecule has 0 spiro atoms. The van der Waals surface area contributed by atoms with Gasteiger partial charge in [-0.25, -0.2) is 0 Å². The minimum atomic E-state index is -0.0926. The van der Waals surface area contributed by atoms with Crippen LogP contribution in [0.5, 0.6) is 0 Å². The highest BCUT2D eigenvalue weighted by atomic mass is 32.2. The van der Waals surface area contributed by atoms with Crippen LogP contribution in [0.25, 0.3) is 0 Å². The van der Waals surface area contributed by atoms with Crippen molar-refractivity contribution in [3.05, 3.63) is 0 Å². The molecule has 5 heteroatoms. The summed E-state index contributed by atoms with van der Waals surface area (Å²) in [5.74, 6) is 0. The smallest absolute Gasteiger partial charge is 0.138 e. The van der Waals surface area contributed by atoms with Crippen LogP contribution < -0.4 is 5.48 Å². The lowest BCUT2D eigenvalue weighted by molar-refractivity contribution is 0.0462. The maximum atomic E-state index is 9.07. The monoisotopic (exact) mass is 220 g/mol. The highest BCUT2D eigenvalue weighted by Gasteiger charge is 2.45. The van der Waals surface area contributed by atoms with Gasteiger partial charge < -0.3 is 10.1 Å². The van der Waals surface area contributed by atoms with Crippen LogP contribution in [0, 0.1) is 0 Å². The molecule has 0 unspecified atom stereocenters. The first-order valence-electron chi connectivity index (χ1n) is 4.31. The van der Waals surface area contributed by atoms with Crippen molar-refractivity contribution in [1.29, 1.82) is 0 Å². The van der Waals surface area contributed by atoms with Gasteiger partial charge in [0.25, 0.3) is 0 Å². The van der Waals surface area contributed by atoms with Crippen molar-refractivity contribution in [2.75, 3.05) is 0 Å². The van der Waals surface area contributed by atoms with E-state index in [4.69, 9.17) is 17.4 Å². The zero-order valence-corrected chi connectivity index (χ0v) is 10.00. The van der Waals surface area contributed by atoms with E-state index >= 15 is 0 Å². The number of nitrogens with zero attached hydrogens (tertiary/aromatic N) is 1. The molecule has 0 aromatic rings. The number of thioether (sulfide) groups is 1. The Balaban J connectivity index is 2.90. The molecule has 1 rings (SSSR count). The molecule has 76 valence electrons. The molecule has 0 bridgehead atoms. The van der Waals surface area contributed by atoms with Crippen molar-refractivity contribution in [1.82, 2.24) is 10.4 Å². The van der Waals surface area contributed by atoms with Crippen molar-refractivity contribution in [3.8, 4) is 0 Å². The minimum Gasteiger partial charge on any atom is -0.336 e. The predicted octanol–water partition coefficient (Wildman–Crippen LogP) is 1.81. The number of hydroxylamine groups is 1. The average molecular weight is 220 g/mol. The zero-order valence-electron chi connectivity index (χ0n) is 8.37. The highest BCUT2D eigenvalue weighted by molar-refractivity contribution is 8.24. The largest absolute Gasteiger partial charge is 0.336 e. The summed E-state index contributed by atoms with van der Waals surface area (Å²) in [5, 5.41) is 9.07. The molecule has 3 nitrogen and oxygen atoms in total. The second-order valence-electron chi connectivity index (χ2n) is 4.00. The first-order chi connectivity index (χ1) is 5.90. The van der Waals surface area contributed by atoms with E-state index < -0.39 is 0 Å².